The summed E-state index contributed by atoms with van der Waals surface area (Å²) in [5.74, 6) is 0. The van der Waals surface area contributed by atoms with Gasteiger partial charge in [-0.1, -0.05) is 24.3 Å². The molecule has 0 radical (unpaired) electrons. The van der Waals surface area contributed by atoms with Gasteiger partial charge in [-0.25, -0.2) is 4.98 Å². The highest BCUT2D eigenvalue weighted by Crippen LogP contribution is 2.31. The molecule has 0 amide bonds. The van der Waals surface area contributed by atoms with Gasteiger partial charge in [-0.05, 0) is 46.4 Å². The molecule has 18 heavy (non-hydrogen) atoms. The minimum Gasteiger partial charge on any atom is -0.392 e. The predicted molar refractivity (Wildman–Crippen MR) is 83.7 cm³/mol. The minimum atomic E-state index is 0.0817. The van der Waals surface area contributed by atoms with Crippen molar-refractivity contribution in [2.75, 3.05) is 0 Å². The van der Waals surface area contributed by atoms with Crippen molar-refractivity contribution in [1.29, 1.82) is 0 Å². The average Bonchev–Trinajstić information content (AvgIpc) is 2.82. The molecular weight excluding hydrogens is 357 g/mol. The van der Waals surface area contributed by atoms with Gasteiger partial charge in [0.1, 0.15) is 5.01 Å². The van der Waals surface area contributed by atoms with E-state index in [1.54, 1.807) is 11.3 Å². The van der Waals surface area contributed by atoms with Crippen LogP contribution in [-0.2, 0) is 6.61 Å². The summed E-state index contributed by atoms with van der Waals surface area (Å²) in [5, 5.41) is 10.2. The molecule has 4 heteroatoms. The Morgan fingerprint density at radius 2 is 2.00 bits per heavy atom. The second-order valence-corrected chi connectivity index (χ2v) is 6.14. The molecule has 0 aliphatic rings. The fourth-order valence-corrected chi connectivity index (χ4v) is 3.45. The van der Waals surface area contributed by atoms with Crippen LogP contribution >= 0.6 is 33.9 Å². The molecule has 0 saturated carbocycles. The van der Waals surface area contributed by atoms with E-state index in [9.17, 15) is 5.11 Å². The van der Waals surface area contributed by atoms with Crippen molar-refractivity contribution in [3.05, 3.63) is 51.6 Å². The number of hydrogen-bond donors (Lipinski definition) is 1. The molecular formula is C14H10INOS. The molecule has 0 fully saturated rings. The van der Waals surface area contributed by atoms with Crippen molar-refractivity contribution in [2.45, 2.75) is 6.61 Å². The van der Waals surface area contributed by atoms with Crippen molar-refractivity contribution in [3.63, 3.8) is 0 Å². The minimum absolute atomic E-state index is 0.0817. The number of aromatic nitrogens is 1. The van der Waals surface area contributed by atoms with Crippen LogP contribution in [0.3, 0.4) is 0 Å². The zero-order valence-corrected chi connectivity index (χ0v) is 12.4. The van der Waals surface area contributed by atoms with Crippen molar-refractivity contribution in [3.8, 4) is 10.6 Å². The first-order valence-electron chi connectivity index (χ1n) is 5.53. The summed E-state index contributed by atoms with van der Waals surface area (Å²) in [6, 6.07) is 14.2. The molecule has 2 aromatic carbocycles. The maximum Gasteiger partial charge on any atom is 0.124 e. The largest absolute Gasteiger partial charge is 0.392 e. The third-order valence-electron chi connectivity index (χ3n) is 2.76. The normalized spacial score (nSPS) is 11.0. The van der Waals surface area contributed by atoms with Gasteiger partial charge in [0.15, 0.2) is 0 Å². The highest BCUT2D eigenvalue weighted by molar-refractivity contribution is 14.1. The fourth-order valence-electron chi connectivity index (χ4n) is 1.80. The van der Waals surface area contributed by atoms with Crippen LogP contribution in [0.25, 0.3) is 20.8 Å². The van der Waals surface area contributed by atoms with Gasteiger partial charge in [-0.2, -0.15) is 0 Å². The lowest BCUT2D eigenvalue weighted by atomic mass is 10.1. The van der Waals surface area contributed by atoms with Crippen LogP contribution in [0, 0.1) is 3.57 Å². The Labute approximate surface area is 122 Å². The first kappa shape index (κ1) is 12.1. The number of rotatable bonds is 2. The summed E-state index contributed by atoms with van der Waals surface area (Å²) in [6.07, 6.45) is 0. The van der Waals surface area contributed by atoms with Crippen LogP contribution < -0.4 is 0 Å². The highest BCUT2D eigenvalue weighted by Gasteiger charge is 2.07. The second kappa shape index (κ2) is 4.95. The van der Waals surface area contributed by atoms with Crippen molar-refractivity contribution in [1.82, 2.24) is 4.98 Å². The third kappa shape index (κ3) is 2.15. The Balaban J connectivity index is 2.11. The first-order valence-corrected chi connectivity index (χ1v) is 7.42. The Morgan fingerprint density at radius 3 is 2.72 bits per heavy atom. The SMILES string of the molecule is OCc1ccc(-c2nc3ccccc3s2)cc1I. The third-order valence-corrected chi connectivity index (χ3v) is 4.85. The summed E-state index contributed by atoms with van der Waals surface area (Å²) in [4.78, 5) is 4.63. The van der Waals surface area contributed by atoms with Crippen LogP contribution in [0.5, 0.6) is 0 Å². The molecule has 3 aromatic rings. The lowest BCUT2D eigenvalue weighted by Gasteiger charge is -2.02. The van der Waals surface area contributed by atoms with Crippen LogP contribution in [0.15, 0.2) is 42.5 Å². The number of halogens is 1. The number of thiazole rings is 1. The van der Waals surface area contributed by atoms with Gasteiger partial charge in [0.25, 0.3) is 0 Å². The molecule has 0 atom stereocenters. The van der Waals surface area contributed by atoms with Crippen LogP contribution in [0.2, 0.25) is 0 Å². The Hall–Kier alpha value is -0.980. The maximum absolute atomic E-state index is 9.18. The molecule has 3 rings (SSSR count). The Morgan fingerprint density at radius 1 is 1.17 bits per heavy atom. The molecule has 90 valence electrons. The smallest absolute Gasteiger partial charge is 0.124 e. The quantitative estimate of drug-likeness (QED) is 0.693. The van der Waals surface area contributed by atoms with Gasteiger partial charge < -0.3 is 5.11 Å². The number of para-hydroxylation sites is 1. The number of fused-ring (bicyclic) bond motifs is 1. The molecule has 0 aliphatic heterocycles. The zero-order valence-electron chi connectivity index (χ0n) is 9.43. The topological polar surface area (TPSA) is 33.1 Å². The first-order chi connectivity index (χ1) is 8.78. The number of aliphatic hydroxyl groups excluding tert-OH is 1. The van der Waals surface area contributed by atoms with E-state index in [0.717, 1.165) is 25.2 Å². The van der Waals surface area contributed by atoms with Gasteiger partial charge in [-0.15, -0.1) is 11.3 Å². The average molecular weight is 367 g/mol. The standard InChI is InChI=1S/C14H10INOS/c15-11-7-9(5-6-10(11)8-17)14-16-12-3-1-2-4-13(12)18-14/h1-7,17H,8H2. The second-order valence-electron chi connectivity index (χ2n) is 3.95. The van der Waals surface area contributed by atoms with Gasteiger partial charge in [-0.3, -0.25) is 0 Å². The molecule has 1 N–H and O–H groups in total. The van der Waals surface area contributed by atoms with E-state index in [2.05, 4.69) is 39.7 Å². The molecule has 0 aliphatic carbocycles. The molecule has 1 heterocycles. The van der Waals surface area contributed by atoms with Crippen molar-refractivity contribution in [2.24, 2.45) is 0 Å². The van der Waals surface area contributed by atoms with Crippen molar-refractivity contribution < 1.29 is 5.11 Å². The van der Waals surface area contributed by atoms with E-state index in [-0.39, 0.29) is 6.61 Å². The molecule has 0 saturated heterocycles. The van der Waals surface area contributed by atoms with E-state index < -0.39 is 0 Å². The maximum atomic E-state index is 9.18. The molecule has 0 unspecified atom stereocenters. The summed E-state index contributed by atoms with van der Waals surface area (Å²) in [6.45, 7) is 0.0817. The van der Waals surface area contributed by atoms with E-state index in [0.29, 0.717) is 0 Å². The number of hydrogen-bond acceptors (Lipinski definition) is 3. The monoisotopic (exact) mass is 367 g/mol. The lowest BCUT2D eigenvalue weighted by Crippen LogP contribution is -1.88. The molecule has 1 aromatic heterocycles. The molecule has 0 spiro atoms. The lowest BCUT2D eigenvalue weighted by molar-refractivity contribution is 0.281. The Bertz CT molecular complexity index is 675. The molecule has 2 nitrogen and oxygen atoms in total. The van der Waals surface area contributed by atoms with Gasteiger partial charge in [0.2, 0.25) is 0 Å². The van der Waals surface area contributed by atoms with Gasteiger partial charge in [0, 0.05) is 9.13 Å². The summed E-state index contributed by atoms with van der Waals surface area (Å²) in [5.41, 5.74) is 3.11. The van der Waals surface area contributed by atoms with Crippen LogP contribution in [-0.4, -0.2) is 10.1 Å². The number of benzene rings is 2. The summed E-state index contributed by atoms with van der Waals surface area (Å²) >= 11 is 3.94. The van der Waals surface area contributed by atoms with E-state index in [1.165, 1.54) is 4.70 Å². The van der Waals surface area contributed by atoms with Gasteiger partial charge in [0.05, 0.1) is 16.8 Å². The van der Waals surface area contributed by atoms with Gasteiger partial charge >= 0.3 is 0 Å². The number of aliphatic hydroxyl groups is 1. The van der Waals surface area contributed by atoms with E-state index >= 15 is 0 Å². The van der Waals surface area contributed by atoms with Crippen LogP contribution in [0.4, 0.5) is 0 Å². The summed E-state index contributed by atoms with van der Waals surface area (Å²) < 4.78 is 2.28. The number of nitrogens with zero attached hydrogens (tertiary/aromatic N) is 1. The predicted octanol–water partition coefficient (Wildman–Crippen LogP) is 4.06. The summed E-state index contributed by atoms with van der Waals surface area (Å²) in [7, 11) is 0. The highest BCUT2D eigenvalue weighted by atomic mass is 127. The fraction of sp³-hybridized carbons (Fsp3) is 0.0714. The van der Waals surface area contributed by atoms with Crippen LogP contribution in [0.1, 0.15) is 5.56 Å². The van der Waals surface area contributed by atoms with E-state index in [1.807, 2.05) is 30.3 Å². The molecule has 0 bridgehead atoms. The Kier molecular flexibility index (Phi) is 3.32. The van der Waals surface area contributed by atoms with E-state index in [4.69, 9.17) is 0 Å². The van der Waals surface area contributed by atoms with Crippen molar-refractivity contribution >= 4 is 44.1 Å². The zero-order chi connectivity index (χ0) is 12.5.